The molecule has 0 aliphatic rings. The first-order valence-corrected chi connectivity index (χ1v) is 6.96. The predicted octanol–water partition coefficient (Wildman–Crippen LogP) is 3.68. The summed E-state index contributed by atoms with van der Waals surface area (Å²) < 4.78 is 0. The van der Waals surface area contributed by atoms with Crippen LogP contribution in [-0.4, -0.2) is 12.1 Å². The smallest absolute Gasteiger partial charge is 0.267 e. The molecule has 1 N–H and O–H groups in total. The Balaban J connectivity index is 2.11. The minimum atomic E-state index is -0.189. The van der Waals surface area contributed by atoms with Crippen molar-refractivity contribution in [3.8, 4) is 0 Å². The fraction of sp³-hybridized carbons (Fsp3) is 0.222. The number of nitrogens with one attached hydrogen (secondary N) is 1. The van der Waals surface area contributed by atoms with Crippen LogP contribution in [-0.2, 0) is 0 Å². The fourth-order valence-corrected chi connectivity index (χ4v) is 2.17. The maximum Gasteiger partial charge on any atom is 0.271 e. The Labute approximate surface area is 125 Å². The summed E-state index contributed by atoms with van der Waals surface area (Å²) in [5.74, 6) is -0.189. The Morgan fingerprint density at radius 1 is 0.952 bits per heavy atom. The number of rotatable bonds is 3. The third-order valence-corrected chi connectivity index (χ3v) is 3.64. The summed E-state index contributed by atoms with van der Waals surface area (Å²) in [6, 6.07) is 11.7. The summed E-state index contributed by atoms with van der Waals surface area (Å²) in [5, 5.41) is 4.07. The number of carbonyl (C=O) groups is 1. The van der Waals surface area contributed by atoms with Gasteiger partial charge in [-0.3, -0.25) is 4.79 Å². The molecule has 0 heterocycles. The zero-order valence-corrected chi connectivity index (χ0v) is 12.9. The van der Waals surface area contributed by atoms with Crippen molar-refractivity contribution < 1.29 is 4.79 Å². The van der Waals surface area contributed by atoms with Gasteiger partial charge in [-0.05, 0) is 67.6 Å². The highest BCUT2D eigenvalue weighted by molar-refractivity contribution is 5.96. The van der Waals surface area contributed by atoms with Crippen molar-refractivity contribution in [2.24, 2.45) is 5.10 Å². The highest BCUT2D eigenvalue weighted by atomic mass is 16.2. The van der Waals surface area contributed by atoms with Gasteiger partial charge in [0.25, 0.3) is 5.91 Å². The molecule has 0 spiro atoms. The van der Waals surface area contributed by atoms with Crippen LogP contribution < -0.4 is 5.43 Å². The molecule has 0 aromatic heterocycles. The van der Waals surface area contributed by atoms with E-state index in [1.165, 1.54) is 11.1 Å². The molecule has 2 rings (SSSR count). The van der Waals surface area contributed by atoms with Crippen molar-refractivity contribution in [1.29, 1.82) is 0 Å². The molecule has 0 bridgehead atoms. The van der Waals surface area contributed by atoms with Gasteiger partial charge in [0, 0.05) is 5.56 Å². The average Bonchev–Trinajstić information content (AvgIpc) is 2.44. The van der Waals surface area contributed by atoms with Gasteiger partial charge in [-0.2, -0.15) is 5.10 Å². The van der Waals surface area contributed by atoms with E-state index in [1.807, 2.05) is 32.0 Å². The molecule has 0 saturated heterocycles. The van der Waals surface area contributed by atoms with Gasteiger partial charge in [-0.1, -0.05) is 24.3 Å². The summed E-state index contributed by atoms with van der Waals surface area (Å²) in [5.41, 5.74) is 8.80. The normalized spacial score (nSPS) is 10.9. The number of hydrazone groups is 1. The largest absolute Gasteiger partial charge is 0.271 e. The molecule has 1 amide bonds. The third-order valence-electron chi connectivity index (χ3n) is 3.64. The molecule has 0 saturated carbocycles. The monoisotopic (exact) mass is 280 g/mol. The lowest BCUT2D eigenvalue weighted by Crippen LogP contribution is -2.18. The van der Waals surface area contributed by atoms with Gasteiger partial charge in [0.05, 0.1) is 6.21 Å². The molecule has 0 aliphatic heterocycles. The Hall–Kier alpha value is -2.42. The molecule has 0 fully saturated rings. The SMILES string of the molecule is Cc1cc(C)c(/C=N\NC(=O)c2ccccc2C)cc1C. The van der Waals surface area contributed by atoms with Gasteiger partial charge in [-0.25, -0.2) is 5.43 Å². The molecular formula is C18H20N2O. The number of hydrogen-bond donors (Lipinski definition) is 1. The maximum absolute atomic E-state index is 12.0. The first kappa shape index (κ1) is 15.0. The van der Waals surface area contributed by atoms with Crippen molar-refractivity contribution in [2.45, 2.75) is 27.7 Å². The second-order valence-electron chi connectivity index (χ2n) is 5.31. The molecule has 0 aliphatic carbocycles. The van der Waals surface area contributed by atoms with Crippen LogP contribution in [0.2, 0.25) is 0 Å². The molecule has 108 valence electrons. The molecular weight excluding hydrogens is 260 g/mol. The summed E-state index contributed by atoms with van der Waals surface area (Å²) in [4.78, 5) is 12.0. The van der Waals surface area contributed by atoms with Gasteiger partial charge in [0.2, 0.25) is 0 Å². The van der Waals surface area contributed by atoms with Gasteiger partial charge in [0.15, 0.2) is 0 Å². The van der Waals surface area contributed by atoms with Gasteiger partial charge in [-0.15, -0.1) is 0 Å². The first-order valence-electron chi connectivity index (χ1n) is 6.96. The van der Waals surface area contributed by atoms with Crippen LogP contribution >= 0.6 is 0 Å². The van der Waals surface area contributed by atoms with E-state index >= 15 is 0 Å². The minimum absolute atomic E-state index is 0.189. The summed E-state index contributed by atoms with van der Waals surface area (Å²) in [6.45, 7) is 8.10. The molecule has 21 heavy (non-hydrogen) atoms. The molecule has 0 unspecified atom stereocenters. The molecule has 0 atom stereocenters. The zero-order chi connectivity index (χ0) is 15.4. The Bertz CT molecular complexity index is 702. The molecule has 3 nitrogen and oxygen atoms in total. The van der Waals surface area contributed by atoms with Crippen molar-refractivity contribution in [1.82, 2.24) is 5.43 Å². The highest BCUT2D eigenvalue weighted by Gasteiger charge is 2.06. The van der Waals surface area contributed by atoms with Crippen molar-refractivity contribution in [3.05, 3.63) is 69.8 Å². The van der Waals surface area contributed by atoms with Crippen molar-refractivity contribution >= 4 is 12.1 Å². The van der Waals surface area contributed by atoms with Crippen LogP contribution in [0.1, 0.15) is 38.2 Å². The van der Waals surface area contributed by atoms with E-state index in [9.17, 15) is 4.79 Å². The lowest BCUT2D eigenvalue weighted by Gasteiger charge is -2.06. The number of benzene rings is 2. The predicted molar refractivity (Wildman–Crippen MR) is 86.9 cm³/mol. The summed E-state index contributed by atoms with van der Waals surface area (Å²) in [7, 11) is 0. The molecule has 0 radical (unpaired) electrons. The topological polar surface area (TPSA) is 41.5 Å². The van der Waals surface area contributed by atoms with E-state index in [0.717, 1.165) is 16.7 Å². The molecule has 2 aromatic rings. The Kier molecular flexibility index (Phi) is 4.53. The zero-order valence-electron chi connectivity index (χ0n) is 12.9. The van der Waals surface area contributed by atoms with Crippen LogP contribution in [0.4, 0.5) is 0 Å². The lowest BCUT2D eigenvalue weighted by molar-refractivity contribution is 0.0954. The van der Waals surface area contributed by atoms with E-state index in [1.54, 1.807) is 12.3 Å². The van der Waals surface area contributed by atoms with E-state index in [0.29, 0.717) is 5.56 Å². The van der Waals surface area contributed by atoms with Gasteiger partial charge >= 0.3 is 0 Å². The number of aryl methyl sites for hydroxylation is 4. The number of carbonyl (C=O) groups excluding carboxylic acids is 1. The third kappa shape index (κ3) is 3.57. The van der Waals surface area contributed by atoms with E-state index in [2.05, 4.69) is 36.5 Å². The highest BCUT2D eigenvalue weighted by Crippen LogP contribution is 2.13. The van der Waals surface area contributed by atoms with Crippen LogP contribution in [0, 0.1) is 27.7 Å². The van der Waals surface area contributed by atoms with E-state index in [4.69, 9.17) is 0 Å². The minimum Gasteiger partial charge on any atom is -0.267 e. The van der Waals surface area contributed by atoms with Gasteiger partial charge in [0.1, 0.15) is 0 Å². The van der Waals surface area contributed by atoms with Crippen LogP contribution in [0.5, 0.6) is 0 Å². The fourth-order valence-electron chi connectivity index (χ4n) is 2.17. The second kappa shape index (κ2) is 6.35. The maximum atomic E-state index is 12.0. The summed E-state index contributed by atoms with van der Waals surface area (Å²) >= 11 is 0. The van der Waals surface area contributed by atoms with Crippen LogP contribution in [0.15, 0.2) is 41.5 Å². The quantitative estimate of drug-likeness (QED) is 0.676. The molecule has 3 heteroatoms. The van der Waals surface area contributed by atoms with Crippen LogP contribution in [0.25, 0.3) is 0 Å². The number of amides is 1. The Morgan fingerprint density at radius 3 is 2.33 bits per heavy atom. The standard InChI is InChI=1S/C18H20N2O/c1-12-7-5-6-8-17(12)18(21)20-19-11-16-10-14(3)13(2)9-15(16)4/h5-11H,1-4H3,(H,20,21)/b19-11-. The number of hydrogen-bond acceptors (Lipinski definition) is 2. The molecule has 2 aromatic carbocycles. The van der Waals surface area contributed by atoms with Crippen molar-refractivity contribution in [2.75, 3.05) is 0 Å². The number of nitrogens with zero attached hydrogens (tertiary/aromatic N) is 1. The van der Waals surface area contributed by atoms with Crippen molar-refractivity contribution in [3.63, 3.8) is 0 Å². The van der Waals surface area contributed by atoms with Gasteiger partial charge < -0.3 is 0 Å². The first-order chi connectivity index (χ1) is 9.99. The lowest BCUT2D eigenvalue weighted by atomic mass is 10.0. The Morgan fingerprint density at radius 2 is 1.62 bits per heavy atom. The second-order valence-corrected chi connectivity index (χ2v) is 5.31. The van der Waals surface area contributed by atoms with E-state index < -0.39 is 0 Å². The van der Waals surface area contributed by atoms with Crippen LogP contribution in [0.3, 0.4) is 0 Å². The van der Waals surface area contributed by atoms with E-state index in [-0.39, 0.29) is 5.91 Å². The summed E-state index contributed by atoms with van der Waals surface area (Å²) in [6.07, 6.45) is 1.69. The average molecular weight is 280 g/mol.